The first-order chi connectivity index (χ1) is 13.6. The molecular weight excluding hydrogens is 392 g/mol. The highest BCUT2D eigenvalue weighted by molar-refractivity contribution is 7.89. The quantitative estimate of drug-likeness (QED) is 0.642. The van der Waals surface area contributed by atoms with Gasteiger partial charge in [-0.25, -0.2) is 8.42 Å². The van der Waals surface area contributed by atoms with E-state index in [9.17, 15) is 18.0 Å². The van der Waals surface area contributed by atoms with Crippen LogP contribution in [0.25, 0.3) is 0 Å². The number of amides is 1. The van der Waals surface area contributed by atoms with Crippen molar-refractivity contribution < 1.29 is 22.7 Å². The Bertz CT molecular complexity index is 972. The topological polar surface area (TPSA) is 102 Å². The molecule has 0 heterocycles. The van der Waals surface area contributed by atoms with Crippen molar-refractivity contribution in [3.8, 4) is 0 Å². The minimum Gasteiger partial charge on any atom is -0.454 e. The van der Waals surface area contributed by atoms with Gasteiger partial charge in [-0.2, -0.15) is 4.72 Å². The number of ether oxygens (including phenoxy) is 1. The van der Waals surface area contributed by atoms with Crippen LogP contribution in [0.4, 0.5) is 5.69 Å². The minimum absolute atomic E-state index is 0.0473. The van der Waals surface area contributed by atoms with Crippen LogP contribution in [0.1, 0.15) is 25.0 Å². The first-order valence-corrected chi connectivity index (χ1v) is 10.7. The summed E-state index contributed by atoms with van der Waals surface area (Å²) < 4.78 is 32.4. The van der Waals surface area contributed by atoms with Crippen molar-refractivity contribution in [1.82, 2.24) is 4.72 Å². The first-order valence-electron chi connectivity index (χ1n) is 9.22. The Kier molecular flexibility index (Phi) is 7.53. The molecule has 0 radical (unpaired) electrons. The molecule has 0 spiro atoms. The number of esters is 1. The summed E-state index contributed by atoms with van der Waals surface area (Å²) in [5, 5.41) is 2.69. The molecule has 2 N–H and O–H groups in total. The number of aryl methyl sites for hydroxylation is 1. The second-order valence-electron chi connectivity index (χ2n) is 7.06. The molecular formula is C21H26N2O5S. The van der Waals surface area contributed by atoms with E-state index in [4.69, 9.17) is 4.74 Å². The van der Waals surface area contributed by atoms with Gasteiger partial charge in [-0.3, -0.25) is 9.59 Å². The number of anilines is 1. The Morgan fingerprint density at radius 1 is 1.00 bits per heavy atom. The van der Waals surface area contributed by atoms with Crippen molar-refractivity contribution in [3.63, 3.8) is 0 Å². The fourth-order valence-electron chi connectivity index (χ4n) is 2.59. The van der Waals surface area contributed by atoms with Crippen molar-refractivity contribution >= 4 is 27.6 Å². The molecule has 0 fully saturated rings. The summed E-state index contributed by atoms with van der Waals surface area (Å²) in [5.74, 6) is -1.68. The summed E-state index contributed by atoms with van der Waals surface area (Å²) in [6.07, 6.45) is 0. The molecule has 0 aromatic heterocycles. The van der Waals surface area contributed by atoms with Crippen LogP contribution in [0.15, 0.2) is 53.4 Å². The Morgan fingerprint density at radius 2 is 1.66 bits per heavy atom. The Labute approximate surface area is 171 Å². The number of benzene rings is 2. The van der Waals surface area contributed by atoms with Crippen LogP contribution in [0, 0.1) is 19.8 Å². The monoisotopic (exact) mass is 418 g/mol. The summed E-state index contributed by atoms with van der Waals surface area (Å²) in [4.78, 5) is 24.6. The van der Waals surface area contributed by atoms with Crippen LogP contribution >= 0.6 is 0 Å². The molecule has 2 aromatic carbocycles. The van der Waals surface area contributed by atoms with E-state index in [1.165, 1.54) is 12.1 Å². The largest absolute Gasteiger partial charge is 0.454 e. The number of nitrogens with one attached hydrogen (secondary N) is 2. The predicted molar refractivity (Wildman–Crippen MR) is 111 cm³/mol. The molecule has 0 saturated heterocycles. The highest BCUT2D eigenvalue weighted by Gasteiger charge is 2.30. The average molecular weight is 419 g/mol. The zero-order valence-electron chi connectivity index (χ0n) is 16.9. The maximum absolute atomic E-state index is 12.5. The van der Waals surface area contributed by atoms with Crippen LogP contribution in [0.5, 0.6) is 0 Å². The second kappa shape index (κ2) is 9.67. The van der Waals surface area contributed by atoms with Gasteiger partial charge in [-0.1, -0.05) is 44.2 Å². The third-order valence-electron chi connectivity index (χ3n) is 4.48. The van der Waals surface area contributed by atoms with Crippen LogP contribution < -0.4 is 10.0 Å². The first kappa shape index (κ1) is 22.6. The van der Waals surface area contributed by atoms with Gasteiger partial charge in [0.2, 0.25) is 10.0 Å². The van der Waals surface area contributed by atoms with Gasteiger partial charge in [-0.15, -0.1) is 0 Å². The number of hydrogen-bond donors (Lipinski definition) is 2. The zero-order chi connectivity index (χ0) is 21.6. The molecule has 1 atom stereocenters. The van der Waals surface area contributed by atoms with Gasteiger partial charge >= 0.3 is 5.97 Å². The lowest BCUT2D eigenvalue weighted by Crippen LogP contribution is -2.45. The lowest BCUT2D eigenvalue weighted by Gasteiger charge is -2.20. The predicted octanol–water partition coefficient (Wildman–Crippen LogP) is 2.79. The highest BCUT2D eigenvalue weighted by atomic mass is 32.2. The van der Waals surface area contributed by atoms with E-state index in [-0.39, 0.29) is 10.8 Å². The van der Waals surface area contributed by atoms with Crippen LogP contribution in [-0.4, -0.2) is 32.9 Å². The minimum atomic E-state index is -3.90. The number of carbonyl (C=O) groups excluding carboxylic acids is 2. The van der Waals surface area contributed by atoms with E-state index in [1.807, 2.05) is 26.0 Å². The fourth-order valence-corrected chi connectivity index (χ4v) is 3.94. The molecule has 8 heteroatoms. The normalized spacial score (nSPS) is 12.4. The summed E-state index contributed by atoms with van der Waals surface area (Å²) in [7, 11) is -3.90. The Morgan fingerprint density at radius 3 is 2.28 bits per heavy atom. The molecule has 0 unspecified atom stereocenters. The van der Waals surface area contributed by atoms with Gasteiger partial charge in [0, 0.05) is 5.69 Å². The highest BCUT2D eigenvalue weighted by Crippen LogP contribution is 2.18. The van der Waals surface area contributed by atoms with Gasteiger partial charge in [0.25, 0.3) is 5.91 Å². The third-order valence-corrected chi connectivity index (χ3v) is 5.94. The molecule has 0 aliphatic heterocycles. The van der Waals surface area contributed by atoms with Gasteiger partial charge in [-0.05, 0) is 49.1 Å². The average Bonchev–Trinajstić information content (AvgIpc) is 2.68. The van der Waals surface area contributed by atoms with E-state index < -0.39 is 34.5 Å². The van der Waals surface area contributed by atoms with Crippen molar-refractivity contribution in [1.29, 1.82) is 0 Å². The Hall–Kier alpha value is -2.71. The molecule has 0 aliphatic rings. The number of carbonyl (C=O) groups is 2. The van der Waals surface area contributed by atoms with Gasteiger partial charge in [0.1, 0.15) is 6.04 Å². The number of hydrogen-bond acceptors (Lipinski definition) is 5. The van der Waals surface area contributed by atoms with E-state index >= 15 is 0 Å². The molecule has 156 valence electrons. The molecule has 1 amide bonds. The van der Waals surface area contributed by atoms with Gasteiger partial charge in [0.05, 0.1) is 4.90 Å². The summed E-state index contributed by atoms with van der Waals surface area (Å²) in [6, 6.07) is 12.1. The number of sulfonamides is 1. The van der Waals surface area contributed by atoms with E-state index in [2.05, 4.69) is 10.0 Å². The molecule has 0 aliphatic carbocycles. The van der Waals surface area contributed by atoms with E-state index in [0.29, 0.717) is 5.69 Å². The molecule has 2 rings (SSSR count). The van der Waals surface area contributed by atoms with Crippen LogP contribution in [0.3, 0.4) is 0 Å². The summed E-state index contributed by atoms with van der Waals surface area (Å²) in [5.41, 5.74) is 2.58. The van der Waals surface area contributed by atoms with Gasteiger partial charge in [0.15, 0.2) is 6.61 Å². The zero-order valence-corrected chi connectivity index (χ0v) is 17.7. The molecule has 2 aromatic rings. The van der Waals surface area contributed by atoms with Crippen molar-refractivity contribution in [3.05, 3.63) is 59.7 Å². The second-order valence-corrected chi connectivity index (χ2v) is 8.77. The maximum Gasteiger partial charge on any atom is 0.324 e. The van der Waals surface area contributed by atoms with Crippen LogP contribution in [-0.2, 0) is 24.3 Å². The van der Waals surface area contributed by atoms with E-state index in [0.717, 1.165) is 11.1 Å². The van der Waals surface area contributed by atoms with Crippen molar-refractivity contribution in [2.75, 3.05) is 11.9 Å². The fraction of sp³-hybridized carbons (Fsp3) is 0.333. The molecule has 0 saturated carbocycles. The van der Waals surface area contributed by atoms with Crippen molar-refractivity contribution in [2.24, 2.45) is 5.92 Å². The SMILES string of the molecule is Cc1cccc(NC(=O)COC(=O)[C@@H](NS(=O)(=O)c2ccccc2)C(C)C)c1C. The van der Waals surface area contributed by atoms with Crippen LogP contribution in [0.2, 0.25) is 0 Å². The maximum atomic E-state index is 12.5. The van der Waals surface area contributed by atoms with Crippen molar-refractivity contribution in [2.45, 2.75) is 38.6 Å². The lowest BCUT2D eigenvalue weighted by molar-refractivity contribution is -0.150. The van der Waals surface area contributed by atoms with E-state index in [1.54, 1.807) is 38.1 Å². The molecule has 0 bridgehead atoms. The Balaban J connectivity index is 2.01. The number of rotatable bonds is 8. The summed E-state index contributed by atoms with van der Waals surface area (Å²) >= 11 is 0. The summed E-state index contributed by atoms with van der Waals surface area (Å²) in [6.45, 7) is 6.68. The standard InChI is InChI=1S/C21H26N2O5S/c1-14(2)20(23-29(26,27)17-10-6-5-7-11-17)21(25)28-13-19(24)22-18-12-8-9-15(3)16(18)4/h5-12,14,20,23H,13H2,1-4H3,(H,22,24)/t20-/m0/s1. The smallest absolute Gasteiger partial charge is 0.324 e. The lowest BCUT2D eigenvalue weighted by atomic mass is 10.1. The molecule has 29 heavy (non-hydrogen) atoms. The molecule has 7 nitrogen and oxygen atoms in total. The third kappa shape index (κ3) is 6.13. The van der Waals surface area contributed by atoms with Gasteiger partial charge < -0.3 is 10.1 Å².